The number of esters is 1. The molecule has 196 valence electrons. The van der Waals surface area contributed by atoms with Gasteiger partial charge in [-0.15, -0.1) is 0 Å². The number of hydrogen-bond donors (Lipinski definition) is 4. The van der Waals surface area contributed by atoms with Gasteiger partial charge in [0.1, 0.15) is 22.5 Å². The number of aromatic hydroxyl groups is 4. The molecule has 4 N–H and O–H groups in total. The first-order chi connectivity index (χ1) is 18.2. The molecule has 11 nitrogen and oxygen atoms in total. The molecule has 0 aliphatic carbocycles. The molecule has 4 aromatic rings. The van der Waals surface area contributed by atoms with Gasteiger partial charge < -0.3 is 43.8 Å². The summed E-state index contributed by atoms with van der Waals surface area (Å²) in [7, 11) is 4.32. The van der Waals surface area contributed by atoms with Gasteiger partial charge in [0.05, 0.1) is 27.8 Å². The number of phenolic OH excluding ortho intramolecular Hbond substituents is 3. The summed E-state index contributed by atoms with van der Waals surface area (Å²) in [5, 5.41) is 40.6. The van der Waals surface area contributed by atoms with Crippen molar-refractivity contribution in [1.82, 2.24) is 0 Å². The number of fused-ring (bicyclic) bond motifs is 3. The molecule has 0 unspecified atom stereocenters. The summed E-state index contributed by atoms with van der Waals surface area (Å²) < 4.78 is 27.9. The zero-order valence-corrected chi connectivity index (χ0v) is 20.4. The molecule has 3 aromatic carbocycles. The normalized spacial score (nSPS) is 14.6. The molecule has 1 atom stereocenters. The standard InChI is InChI=1S/C27H22O11/c1-34-17-7-5-12(25(35-2)26(17)36-3)13-9-19(31)37-18-10-16(30)21-22(32)23(33)24(38-27(21)20(13)18)11-4-6-14(28)15(29)8-11/h4-8,10,13,28-30,33H,9H2,1-3H3/t13-/m0/s1. The lowest BCUT2D eigenvalue weighted by molar-refractivity contribution is -0.135. The highest BCUT2D eigenvalue weighted by atomic mass is 16.5. The highest BCUT2D eigenvalue weighted by Gasteiger charge is 2.37. The van der Waals surface area contributed by atoms with Crippen molar-refractivity contribution in [2.75, 3.05) is 21.3 Å². The van der Waals surface area contributed by atoms with Crippen molar-refractivity contribution >= 4 is 16.9 Å². The van der Waals surface area contributed by atoms with E-state index in [4.69, 9.17) is 23.4 Å². The highest BCUT2D eigenvalue weighted by Crippen LogP contribution is 2.51. The van der Waals surface area contributed by atoms with Crippen LogP contribution in [0.15, 0.2) is 45.6 Å². The average molecular weight is 522 g/mol. The molecule has 0 bridgehead atoms. The van der Waals surface area contributed by atoms with E-state index in [1.165, 1.54) is 27.4 Å². The third kappa shape index (κ3) is 3.67. The second-order valence-corrected chi connectivity index (χ2v) is 8.48. The van der Waals surface area contributed by atoms with E-state index in [0.717, 1.165) is 18.2 Å². The summed E-state index contributed by atoms with van der Waals surface area (Å²) >= 11 is 0. The topological polar surface area (TPSA) is 165 Å². The second kappa shape index (κ2) is 9.11. The Morgan fingerprint density at radius 1 is 0.842 bits per heavy atom. The molecule has 2 heterocycles. The Hall–Kier alpha value is -5.06. The minimum Gasteiger partial charge on any atom is -0.507 e. The smallest absolute Gasteiger partial charge is 0.312 e. The van der Waals surface area contributed by atoms with E-state index in [1.807, 2.05) is 0 Å². The van der Waals surface area contributed by atoms with Crippen molar-refractivity contribution < 1.29 is 48.6 Å². The average Bonchev–Trinajstić information content (AvgIpc) is 2.90. The fourth-order valence-corrected chi connectivity index (χ4v) is 4.71. The molecule has 1 aliphatic heterocycles. The summed E-state index contributed by atoms with van der Waals surface area (Å²) in [6.07, 6.45) is -0.182. The van der Waals surface area contributed by atoms with Gasteiger partial charge in [-0.2, -0.15) is 0 Å². The monoisotopic (exact) mass is 522 g/mol. The van der Waals surface area contributed by atoms with Gasteiger partial charge in [0.2, 0.25) is 16.9 Å². The molecular formula is C27H22O11. The molecular weight excluding hydrogens is 500 g/mol. The summed E-state index contributed by atoms with van der Waals surface area (Å²) in [6, 6.07) is 7.99. The number of rotatable bonds is 5. The van der Waals surface area contributed by atoms with Crippen LogP contribution in [0.2, 0.25) is 0 Å². The van der Waals surface area contributed by atoms with Crippen LogP contribution >= 0.6 is 0 Å². The van der Waals surface area contributed by atoms with Gasteiger partial charge in [-0.3, -0.25) is 9.59 Å². The number of carbonyl (C=O) groups is 1. The maximum absolute atomic E-state index is 13.2. The van der Waals surface area contributed by atoms with E-state index in [9.17, 15) is 30.0 Å². The maximum Gasteiger partial charge on any atom is 0.312 e. The third-order valence-corrected chi connectivity index (χ3v) is 6.41. The van der Waals surface area contributed by atoms with Crippen LogP contribution in [0.5, 0.6) is 46.0 Å². The lowest BCUT2D eigenvalue weighted by Crippen LogP contribution is -2.22. The van der Waals surface area contributed by atoms with Crippen LogP contribution in [0.4, 0.5) is 0 Å². The molecule has 5 rings (SSSR count). The number of phenols is 3. The van der Waals surface area contributed by atoms with Gasteiger partial charge in [-0.1, -0.05) is 6.07 Å². The SMILES string of the molecule is COc1ccc([C@@H]2CC(=O)Oc3cc(O)c4c(=O)c(O)c(-c5ccc(O)c(O)c5)oc4c32)c(OC)c1OC. The number of carbonyl (C=O) groups excluding carboxylic acids is 1. The molecule has 11 heteroatoms. The van der Waals surface area contributed by atoms with Crippen LogP contribution in [0.1, 0.15) is 23.5 Å². The van der Waals surface area contributed by atoms with Gasteiger partial charge in [-0.05, 0) is 24.3 Å². The Balaban J connectivity index is 1.86. The van der Waals surface area contributed by atoms with E-state index in [2.05, 4.69) is 0 Å². The molecule has 0 amide bonds. The maximum atomic E-state index is 13.2. The zero-order valence-electron chi connectivity index (χ0n) is 20.4. The van der Waals surface area contributed by atoms with E-state index in [1.54, 1.807) is 12.1 Å². The van der Waals surface area contributed by atoms with E-state index < -0.39 is 40.3 Å². The van der Waals surface area contributed by atoms with Crippen LogP contribution in [0, 0.1) is 0 Å². The third-order valence-electron chi connectivity index (χ3n) is 6.41. The predicted molar refractivity (Wildman–Crippen MR) is 133 cm³/mol. The van der Waals surface area contributed by atoms with E-state index >= 15 is 0 Å². The first kappa shape index (κ1) is 24.6. The number of methoxy groups -OCH3 is 3. The minimum atomic E-state index is -0.955. The van der Waals surface area contributed by atoms with Crippen molar-refractivity contribution in [2.24, 2.45) is 0 Å². The summed E-state index contributed by atoms with van der Waals surface area (Å²) in [6.45, 7) is 0. The van der Waals surface area contributed by atoms with Crippen molar-refractivity contribution in [3.63, 3.8) is 0 Å². The summed E-state index contributed by atoms with van der Waals surface area (Å²) in [5.41, 5.74) is -0.315. The molecule has 0 saturated heterocycles. The van der Waals surface area contributed by atoms with Crippen LogP contribution in [0.25, 0.3) is 22.3 Å². The molecule has 0 spiro atoms. The Bertz CT molecular complexity index is 1670. The quantitative estimate of drug-likeness (QED) is 0.171. The molecule has 38 heavy (non-hydrogen) atoms. The first-order valence-corrected chi connectivity index (χ1v) is 11.3. The van der Waals surface area contributed by atoms with Gasteiger partial charge >= 0.3 is 5.97 Å². The molecule has 0 saturated carbocycles. The van der Waals surface area contributed by atoms with Crippen molar-refractivity contribution in [1.29, 1.82) is 0 Å². The largest absolute Gasteiger partial charge is 0.507 e. The van der Waals surface area contributed by atoms with Crippen LogP contribution in [-0.4, -0.2) is 47.7 Å². The number of hydrogen-bond acceptors (Lipinski definition) is 11. The second-order valence-electron chi connectivity index (χ2n) is 8.48. The fourth-order valence-electron chi connectivity index (χ4n) is 4.71. The van der Waals surface area contributed by atoms with Crippen LogP contribution in [0.3, 0.4) is 0 Å². The Kier molecular flexibility index (Phi) is 5.90. The van der Waals surface area contributed by atoms with Crippen molar-refractivity contribution in [2.45, 2.75) is 12.3 Å². The summed E-state index contributed by atoms with van der Waals surface area (Å²) in [5.74, 6) is -3.19. The van der Waals surface area contributed by atoms with Crippen molar-refractivity contribution in [3.8, 4) is 57.3 Å². The molecule has 0 fully saturated rings. The highest BCUT2D eigenvalue weighted by molar-refractivity contribution is 5.94. The van der Waals surface area contributed by atoms with Crippen LogP contribution < -0.4 is 24.4 Å². The van der Waals surface area contributed by atoms with E-state index in [-0.39, 0.29) is 51.5 Å². The molecule has 0 radical (unpaired) electrons. The van der Waals surface area contributed by atoms with Gasteiger partial charge in [0.15, 0.2) is 28.8 Å². The first-order valence-electron chi connectivity index (χ1n) is 11.3. The Labute approximate surface area is 214 Å². The predicted octanol–water partition coefficient (Wildman–Crippen LogP) is 3.75. The molecule has 1 aliphatic rings. The van der Waals surface area contributed by atoms with Gasteiger partial charge in [0.25, 0.3) is 0 Å². The zero-order chi connectivity index (χ0) is 27.3. The number of benzene rings is 3. The van der Waals surface area contributed by atoms with Gasteiger partial charge in [0, 0.05) is 28.7 Å². The Morgan fingerprint density at radius 2 is 1.58 bits per heavy atom. The number of ether oxygens (including phenoxy) is 4. The molecule has 1 aromatic heterocycles. The van der Waals surface area contributed by atoms with Crippen molar-refractivity contribution in [3.05, 3.63) is 57.7 Å². The lowest BCUT2D eigenvalue weighted by Gasteiger charge is -2.28. The fraction of sp³-hybridized carbons (Fsp3) is 0.185. The Morgan fingerprint density at radius 3 is 2.24 bits per heavy atom. The summed E-state index contributed by atoms with van der Waals surface area (Å²) in [4.78, 5) is 25.9. The van der Waals surface area contributed by atoms with E-state index in [0.29, 0.717) is 11.3 Å². The van der Waals surface area contributed by atoms with Gasteiger partial charge in [-0.25, -0.2) is 0 Å². The van der Waals surface area contributed by atoms with Crippen LogP contribution in [-0.2, 0) is 4.79 Å². The minimum absolute atomic E-state index is 0.0542. The lowest BCUT2D eigenvalue weighted by atomic mass is 9.84.